The van der Waals surface area contributed by atoms with E-state index in [1.54, 1.807) is 21.3 Å². The van der Waals surface area contributed by atoms with E-state index in [9.17, 15) is 4.79 Å². The van der Waals surface area contributed by atoms with E-state index in [4.69, 9.17) is 18.9 Å². The van der Waals surface area contributed by atoms with Crippen molar-refractivity contribution in [2.24, 2.45) is 0 Å². The number of nitrogens with one attached hydrogen (secondary N) is 1. The summed E-state index contributed by atoms with van der Waals surface area (Å²) in [5.74, 6) is 2.81. The third-order valence-corrected chi connectivity index (χ3v) is 7.26. The zero-order chi connectivity index (χ0) is 28.1. The normalized spacial score (nSPS) is 14.2. The van der Waals surface area contributed by atoms with Crippen LogP contribution >= 0.6 is 0 Å². The first-order valence-electron chi connectivity index (χ1n) is 13.5. The molecule has 2 heterocycles. The van der Waals surface area contributed by atoms with Crippen LogP contribution in [0.3, 0.4) is 0 Å². The Morgan fingerprint density at radius 1 is 0.900 bits per heavy atom. The zero-order valence-electron chi connectivity index (χ0n) is 23.4. The Labute approximate surface area is 234 Å². The third-order valence-electron chi connectivity index (χ3n) is 7.26. The smallest absolute Gasteiger partial charge is 0.273 e. The molecular weight excluding hydrogens is 506 g/mol. The first-order chi connectivity index (χ1) is 19.6. The van der Waals surface area contributed by atoms with Gasteiger partial charge in [-0.3, -0.25) is 9.89 Å². The average Bonchev–Trinajstić information content (AvgIpc) is 3.54. The van der Waals surface area contributed by atoms with Crippen LogP contribution in [0.2, 0.25) is 0 Å². The monoisotopic (exact) mass is 541 g/mol. The molecule has 0 saturated carbocycles. The second-order valence-electron chi connectivity index (χ2n) is 9.70. The van der Waals surface area contributed by atoms with Gasteiger partial charge in [-0.15, -0.1) is 0 Å². The number of nitrogens with zero attached hydrogens (tertiary/aromatic N) is 2. The van der Waals surface area contributed by atoms with Gasteiger partial charge in [0.1, 0.15) is 17.2 Å². The van der Waals surface area contributed by atoms with Crippen LogP contribution in [-0.4, -0.2) is 55.5 Å². The minimum Gasteiger partial charge on any atom is -0.497 e. The molecule has 40 heavy (non-hydrogen) atoms. The van der Waals surface area contributed by atoms with E-state index in [-0.39, 0.29) is 11.9 Å². The SMILES string of the molecule is CCCCOc1cccc(C2c3c(-c4ccc(OC)cc4)n[nH]c3C(=O)N2CCc2ccc(OC)c(OC)c2)c1. The van der Waals surface area contributed by atoms with Gasteiger partial charge in [0.25, 0.3) is 5.91 Å². The molecule has 0 aliphatic carbocycles. The fourth-order valence-corrected chi connectivity index (χ4v) is 5.14. The highest BCUT2D eigenvalue weighted by Crippen LogP contribution is 2.43. The molecule has 1 aliphatic heterocycles. The zero-order valence-corrected chi connectivity index (χ0v) is 23.4. The van der Waals surface area contributed by atoms with Gasteiger partial charge in [-0.1, -0.05) is 31.5 Å². The summed E-state index contributed by atoms with van der Waals surface area (Å²) in [6, 6.07) is 21.3. The van der Waals surface area contributed by atoms with E-state index in [0.717, 1.165) is 52.3 Å². The Bertz CT molecular complexity index is 1460. The molecule has 0 saturated heterocycles. The lowest BCUT2D eigenvalue weighted by atomic mass is 9.95. The number of methoxy groups -OCH3 is 3. The quantitative estimate of drug-likeness (QED) is 0.219. The second-order valence-corrected chi connectivity index (χ2v) is 9.70. The topological polar surface area (TPSA) is 85.9 Å². The van der Waals surface area contributed by atoms with Crippen molar-refractivity contribution in [3.05, 3.63) is 89.1 Å². The highest BCUT2D eigenvalue weighted by molar-refractivity contribution is 6.00. The van der Waals surface area contributed by atoms with Crippen molar-refractivity contribution in [1.82, 2.24) is 15.1 Å². The highest BCUT2D eigenvalue weighted by atomic mass is 16.5. The Balaban J connectivity index is 1.51. The number of ether oxygens (including phenoxy) is 4. The van der Waals surface area contributed by atoms with Gasteiger partial charge in [-0.2, -0.15) is 5.10 Å². The molecule has 0 radical (unpaired) electrons. The average molecular weight is 542 g/mol. The van der Waals surface area contributed by atoms with Gasteiger partial charge in [0.15, 0.2) is 11.5 Å². The maximum absolute atomic E-state index is 13.8. The second kappa shape index (κ2) is 12.2. The molecule has 1 amide bonds. The molecule has 1 unspecified atom stereocenters. The lowest BCUT2D eigenvalue weighted by molar-refractivity contribution is 0.0745. The van der Waals surface area contributed by atoms with Crippen LogP contribution in [0.4, 0.5) is 0 Å². The van der Waals surface area contributed by atoms with Crippen molar-refractivity contribution in [2.75, 3.05) is 34.5 Å². The van der Waals surface area contributed by atoms with Gasteiger partial charge in [0, 0.05) is 17.7 Å². The van der Waals surface area contributed by atoms with Crippen molar-refractivity contribution in [3.63, 3.8) is 0 Å². The van der Waals surface area contributed by atoms with E-state index in [1.807, 2.05) is 71.6 Å². The molecule has 0 fully saturated rings. The molecule has 0 spiro atoms. The lowest BCUT2D eigenvalue weighted by Crippen LogP contribution is -2.31. The molecule has 8 heteroatoms. The Morgan fingerprint density at radius 3 is 2.42 bits per heavy atom. The largest absolute Gasteiger partial charge is 0.497 e. The molecule has 208 valence electrons. The minimum absolute atomic E-state index is 0.0787. The fraction of sp³-hybridized carbons (Fsp3) is 0.312. The molecule has 8 nitrogen and oxygen atoms in total. The maximum Gasteiger partial charge on any atom is 0.273 e. The summed E-state index contributed by atoms with van der Waals surface area (Å²) in [4.78, 5) is 15.7. The van der Waals surface area contributed by atoms with Crippen LogP contribution in [0.25, 0.3) is 11.3 Å². The molecule has 0 bridgehead atoms. The summed E-state index contributed by atoms with van der Waals surface area (Å²) >= 11 is 0. The molecule has 3 aromatic carbocycles. The molecular formula is C32H35N3O5. The number of rotatable bonds is 12. The number of carbonyl (C=O) groups is 1. The fourth-order valence-electron chi connectivity index (χ4n) is 5.14. The number of fused-ring (bicyclic) bond motifs is 1. The van der Waals surface area contributed by atoms with Gasteiger partial charge in [0.05, 0.1) is 39.7 Å². The Hall–Kier alpha value is -4.46. The van der Waals surface area contributed by atoms with Crippen molar-refractivity contribution in [2.45, 2.75) is 32.2 Å². The van der Waals surface area contributed by atoms with Gasteiger partial charge in [-0.05, 0) is 72.5 Å². The highest BCUT2D eigenvalue weighted by Gasteiger charge is 2.42. The number of amides is 1. The summed E-state index contributed by atoms with van der Waals surface area (Å²) in [7, 11) is 4.88. The Kier molecular flexibility index (Phi) is 8.24. The minimum atomic E-state index is -0.326. The standard InChI is InChI=1S/C32H35N3O5/c1-5-6-18-40-25-9-7-8-23(20-25)31-28-29(22-11-13-24(37-2)14-12-22)33-34-30(28)32(36)35(31)17-16-21-10-15-26(38-3)27(19-21)39-4/h7-15,19-20,31H,5-6,16-18H2,1-4H3,(H,33,34). The van der Waals surface area contributed by atoms with Crippen LogP contribution < -0.4 is 18.9 Å². The first kappa shape index (κ1) is 27.1. The van der Waals surface area contributed by atoms with Crippen molar-refractivity contribution >= 4 is 5.91 Å². The van der Waals surface area contributed by atoms with Gasteiger partial charge >= 0.3 is 0 Å². The number of benzene rings is 3. The summed E-state index contributed by atoms with van der Waals surface area (Å²) < 4.78 is 22.2. The number of carbonyl (C=O) groups excluding carboxylic acids is 1. The molecule has 1 aromatic heterocycles. The van der Waals surface area contributed by atoms with E-state index in [1.165, 1.54) is 0 Å². The molecule has 4 aromatic rings. The first-order valence-corrected chi connectivity index (χ1v) is 13.5. The lowest BCUT2D eigenvalue weighted by Gasteiger charge is -2.27. The van der Waals surface area contributed by atoms with Gasteiger partial charge in [-0.25, -0.2) is 0 Å². The predicted octanol–water partition coefficient (Wildman–Crippen LogP) is 6.07. The van der Waals surface area contributed by atoms with Crippen LogP contribution in [0.1, 0.15) is 53.0 Å². The van der Waals surface area contributed by atoms with Crippen LogP contribution in [0.5, 0.6) is 23.0 Å². The van der Waals surface area contributed by atoms with Crippen molar-refractivity contribution < 1.29 is 23.7 Å². The summed E-state index contributed by atoms with van der Waals surface area (Å²) in [5.41, 5.74) is 5.07. The van der Waals surface area contributed by atoms with E-state index in [0.29, 0.717) is 36.8 Å². The molecule has 1 N–H and O–H groups in total. The Morgan fingerprint density at radius 2 is 1.70 bits per heavy atom. The van der Waals surface area contributed by atoms with Gasteiger partial charge in [0.2, 0.25) is 0 Å². The van der Waals surface area contributed by atoms with E-state index >= 15 is 0 Å². The van der Waals surface area contributed by atoms with E-state index in [2.05, 4.69) is 17.1 Å². The van der Waals surface area contributed by atoms with Crippen molar-refractivity contribution in [1.29, 1.82) is 0 Å². The summed E-state index contributed by atoms with van der Waals surface area (Å²) in [6.45, 7) is 3.30. The van der Waals surface area contributed by atoms with Crippen molar-refractivity contribution in [3.8, 4) is 34.3 Å². The number of hydrogen-bond acceptors (Lipinski definition) is 6. The van der Waals surface area contributed by atoms with Crippen LogP contribution in [-0.2, 0) is 6.42 Å². The summed E-state index contributed by atoms with van der Waals surface area (Å²) in [6.07, 6.45) is 2.69. The number of unbranched alkanes of at least 4 members (excludes halogenated alkanes) is 1. The number of H-pyrrole nitrogens is 1. The van der Waals surface area contributed by atoms with Gasteiger partial charge < -0.3 is 23.8 Å². The maximum atomic E-state index is 13.8. The summed E-state index contributed by atoms with van der Waals surface area (Å²) in [5, 5.41) is 7.63. The molecule has 1 atom stereocenters. The van der Waals surface area contributed by atoms with Crippen LogP contribution in [0.15, 0.2) is 66.7 Å². The van der Waals surface area contributed by atoms with Crippen LogP contribution in [0, 0.1) is 0 Å². The molecule has 1 aliphatic rings. The van der Waals surface area contributed by atoms with E-state index < -0.39 is 0 Å². The third kappa shape index (κ3) is 5.34. The number of aromatic amines is 1. The number of aromatic nitrogens is 2. The predicted molar refractivity (Wildman–Crippen MR) is 154 cm³/mol. The molecule has 5 rings (SSSR count). The number of hydrogen-bond donors (Lipinski definition) is 1.